The van der Waals surface area contributed by atoms with Gasteiger partial charge >= 0.3 is 5.97 Å². The Morgan fingerprint density at radius 2 is 1.85 bits per heavy atom. The van der Waals surface area contributed by atoms with Gasteiger partial charge in [0.1, 0.15) is 0 Å². The Morgan fingerprint density at radius 3 is 2.30 bits per heavy atom. The SMILES string of the molecule is COC(=O)CC(Cc1ccc(N(C)C)cc1)NC(C)C. The van der Waals surface area contributed by atoms with Crippen molar-refractivity contribution in [1.82, 2.24) is 5.32 Å². The average Bonchev–Trinajstić information content (AvgIpc) is 2.38. The van der Waals surface area contributed by atoms with Crippen molar-refractivity contribution in [1.29, 1.82) is 0 Å². The standard InChI is InChI=1S/C16H26N2O2/c1-12(2)17-14(11-16(19)20-5)10-13-6-8-15(9-7-13)18(3)4/h6-9,12,14,17H,10-11H2,1-5H3. The van der Waals surface area contributed by atoms with E-state index in [4.69, 9.17) is 4.74 Å². The van der Waals surface area contributed by atoms with Crippen LogP contribution in [-0.4, -0.2) is 39.3 Å². The zero-order chi connectivity index (χ0) is 15.1. The fourth-order valence-corrected chi connectivity index (χ4v) is 2.16. The molecule has 0 fully saturated rings. The van der Waals surface area contributed by atoms with Gasteiger partial charge in [0.05, 0.1) is 13.5 Å². The molecular weight excluding hydrogens is 252 g/mol. The van der Waals surface area contributed by atoms with Gasteiger partial charge in [-0.15, -0.1) is 0 Å². The summed E-state index contributed by atoms with van der Waals surface area (Å²) in [5, 5.41) is 3.42. The van der Waals surface area contributed by atoms with Crippen molar-refractivity contribution in [3.05, 3.63) is 29.8 Å². The highest BCUT2D eigenvalue weighted by molar-refractivity contribution is 5.70. The molecule has 0 aliphatic heterocycles. The predicted molar refractivity (Wildman–Crippen MR) is 83.2 cm³/mol. The number of methoxy groups -OCH3 is 1. The highest BCUT2D eigenvalue weighted by Crippen LogP contribution is 2.14. The van der Waals surface area contributed by atoms with E-state index in [9.17, 15) is 4.79 Å². The van der Waals surface area contributed by atoms with Crippen LogP contribution in [0.25, 0.3) is 0 Å². The minimum atomic E-state index is -0.173. The number of hydrogen-bond acceptors (Lipinski definition) is 4. The van der Waals surface area contributed by atoms with Crippen LogP contribution in [0.3, 0.4) is 0 Å². The maximum Gasteiger partial charge on any atom is 0.307 e. The number of rotatable bonds is 7. The second-order valence-electron chi connectivity index (χ2n) is 5.56. The summed E-state index contributed by atoms with van der Waals surface area (Å²) >= 11 is 0. The number of ether oxygens (including phenoxy) is 1. The smallest absolute Gasteiger partial charge is 0.307 e. The summed E-state index contributed by atoms with van der Waals surface area (Å²) in [5.41, 5.74) is 2.40. The molecule has 0 saturated heterocycles. The van der Waals surface area contributed by atoms with Crippen LogP contribution in [0.2, 0.25) is 0 Å². The zero-order valence-corrected chi connectivity index (χ0v) is 13.1. The van der Waals surface area contributed by atoms with Crippen LogP contribution >= 0.6 is 0 Å². The summed E-state index contributed by atoms with van der Waals surface area (Å²) in [6, 6.07) is 8.86. The van der Waals surface area contributed by atoms with Crippen LogP contribution < -0.4 is 10.2 Å². The van der Waals surface area contributed by atoms with E-state index < -0.39 is 0 Å². The van der Waals surface area contributed by atoms with E-state index in [1.165, 1.54) is 18.4 Å². The molecule has 0 aliphatic rings. The quantitative estimate of drug-likeness (QED) is 0.777. The maximum absolute atomic E-state index is 11.5. The molecule has 1 N–H and O–H groups in total. The molecule has 1 rings (SSSR count). The van der Waals surface area contributed by atoms with Crippen LogP contribution in [0.15, 0.2) is 24.3 Å². The van der Waals surface area contributed by atoms with Crippen molar-refractivity contribution in [2.45, 2.75) is 38.8 Å². The summed E-state index contributed by atoms with van der Waals surface area (Å²) in [6.07, 6.45) is 1.21. The molecule has 0 spiro atoms. The van der Waals surface area contributed by atoms with Gasteiger partial charge < -0.3 is 15.0 Å². The van der Waals surface area contributed by atoms with E-state index in [0.717, 1.165) is 6.42 Å². The van der Waals surface area contributed by atoms with Gasteiger partial charge in [-0.1, -0.05) is 26.0 Å². The van der Waals surface area contributed by atoms with E-state index in [1.807, 2.05) is 14.1 Å². The molecule has 0 saturated carbocycles. The largest absolute Gasteiger partial charge is 0.469 e. The van der Waals surface area contributed by atoms with Gasteiger partial charge in [0, 0.05) is 31.9 Å². The summed E-state index contributed by atoms with van der Waals surface area (Å²) in [5.74, 6) is -0.173. The molecule has 20 heavy (non-hydrogen) atoms. The summed E-state index contributed by atoms with van der Waals surface area (Å²) in [7, 11) is 5.48. The number of carbonyl (C=O) groups excluding carboxylic acids is 1. The minimum absolute atomic E-state index is 0.104. The highest BCUT2D eigenvalue weighted by Gasteiger charge is 2.15. The number of carbonyl (C=O) groups is 1. The molecule has 1 aromatic rings. The van der Waals surface area contributed by atoms with Crippen molar-refractivity contribution >= 4 is 11.7 Å². The van der Waals surface area contributed by atoms with Gasteiger partial charge in [0.2, 0.25) is 0 Å². The van der Waals surface area contributed by atoms with Crippen LogP contribution in [0.1, 0.15) is 25.8 Å². The molecule has 1 atom stereocenters. The Bertz CT molecular complexity index is 413. The number of benzene rings is 1. The van der Waals surface area contributed by atoms with Gasteiger partial charge in [-0.05, 0) is 24.1 Å². The lowest BCUT2D eigenvalue weighted by Gasteiger charge is -2.21. The first-order valence-electron chi connectivity index (χ1n) is 7.01. The lowest BCUT2D eigenvalue weighted by molar-refractivity contribution is -0.141. The third-order valence-electron chi connectivity index (χ3n) is 3.14. The van der Waals surface area contributed by atoms with Gasteiger partial charge in [0.25, 0.3) is 0 Å². The van der Waals surface area contributed by atoms with E-state index >= 15 is 0 Å². The molecular formula is C16H26N2O2. The number of nitrogens with one attached hydrogen (secondary N) is 1. The van der Waals surface area contributed by atoms with Crippen molar-refractivity contribution in [3.63, 3.8) is 0 Å². The molecule has 0 bridgehead atoms. The van der Waals surface area contributed by atoms with Gasteiger partial charge in [-0.3, -0.25) is 4.79 Å². The fourth-order valence-electron chi connectivity index (χ4n) is 2.16. The first kappa shape index (κ1) is 16.5. The van der Waals surface area contributed by atoms with Gasteiger partial charge in [0.15, 0.2) is 0 Å². The van der Waals surface area contributed by atoms with Crippen molar-refractivity contribution in [2.24, 2.45) is 0 Å². The van der Waals surface area contributed by atoms with E-state index in [2.05, 4.69) is 48.3 Å². The molecule has 1 aromatic carbocycles. The fraction of sp³-hybridized carbons (Fsp3) is 0.562. The molecule has 4 nitrogen and oxygen atoms in total. The number of esters is 1. The third kappa shape index (κ3) is 5.61. The maximum atomic E-state index is 11.5. The molecule has 0 radical (unpaired) electrons. The minimum Gasteiger partial charge on any atom is -0.469 e. The van der Waals surface area contributed by atoms with Gasteiger partial charge in [-0.2, -0.15) is 0 Å². The zero-order valence-electron chi connectivity index (χ0n) is 13.1. The van der Waals surface area contributed by atoms with E-state index in [0.29, 0.717) is 12.5 Å². The number of hydrogen-bond donors (Lipinski definition) is 1. The first-order chi connectivity index (χ1) is 9.42. The molecule has 0 heterocycles. The molecule has 1 unspecified atom stereocenters. The Labute approximate surface area is 122 Å². The van der Waals surface area contributed by atoms with Crippen molar-refractivity contribution in [3.8, 4) is 0 Å². The van der Waals surface area contributed by atoms with Gasteiger partial charge in [-0.25, -0.2) is 0 Å². The second-order valence-corrected chi connectivity index (χ2v) is 5.56. The summed E-state index contributed by atoms with van der Waals surface area (Å²) in [4.78, 5) is 13.5. The van der Waals surface area contributed by atoms with E-state index in [1.54, 1.807) is 0 Å². The van der Waals surface area contributed by atoms with E-state index in [-0.39, 0.29) is 12.0 Å². The second kappa shape index (κ2) is 7.90. The first-order valence-corrected chi connectivity index (χ1v) is 7.01. The third-order valence-corrected chi connectivity index (χ3v) is 3.14. The molecule has 0 aliphatic carbocycles. The lowest BCUT2D eigenvalue weighted by atomic mass is 10.0. The Hall–Kier alpha value is -1.55. The van der Waals surface area contributed by atoms with Crippen LogP contribution in [0.4, 0.5) is 5.69 Å². The number of anilines is 1. The Balaban J connectivity index is 2.70. The Morgan fingerprint density at radius 1 is 1.25 bits per heavy atom. The van der Waals surface area contributed by atoms with Crippen molar-refractivity contribution < 1.29 is 9.53 Å². The molecule has 0 aromatic heterocycles. The van der Waals surface area contributed by atoms with Crippen LogP contribution in [-0.2, 0) is 16.0 Å². The summed E-state index contributed by atoms with van der Waals surface area (Å²) < 4.78 is 4.76. The molecule has 4 heteroatoms. The topological polar surface area (TPSA) is 41.6 Å². The van der Waals surface area contributed by atoms with Crippen LogP contribution in [0, 0.1) is 0 Å². The average molecular weight is 278 g/mol. The van der Waals surface area contributed by atoms with Crippen LogP contribution in [0.5, 0.6) is 0 Å². The normalized spacial score (nSPS) is 12.3. The highest BCUT2D eigenvalue weighted by atomic mass is 16.5. The summed E-state index contributed by atoms with van der Waals surface area (Å²) in [6.45, 7) is 4.17. The molecule has 112 valence electrons. The lowest BCUT2D eigenvalue weighted by Crippen LogP contribution is -2.38. The predicted octanol–water partition coefficient (Wildman–Crippen LogP) is 2.22. The monoisotopic (exact) mass is 278 g/mol. The molecule has 0 amide bonds. The Kier molecular flexibility index (Phi) is 6.52. The number of nitrogens with zero attached hydrogens (tertiary/aromatic N) is 1. The van der Waals surface area contributed by atoms with Crippen molar-refractivity contribution in [2.75, 3.05) is 26.1 Å².